The third-order valence-corrected chi connectivity index (χ3v) is 2.68. The maximum absolute atomic E-state index is 3.32. The molecule has 3 heteroatoms. The van der Waals surface area contributed by atoms with Crippen LogP contribution in [0.3, 0.4) is 0 Å². The van der Waals surface area contributed by atoms with Gasteiger partial charge in [0.15, 0.2) is 0 Å². The summed E-state index contributed by atoms with van der Waals surface area (Å²) >= 11 is 0. The molecule has 1 unspecified atom stereocenters. The highest BCUT2D eigenvalue weighted by Crippen LogP contribution is 2.25. The van der Waals surface area contributed by atoms with E-state index in [9.17, 15) is 0 Å². The molecule has 3 nitrogen and oxygen atoms in total. The Morgan fingerprint density at radius 3 is 2.27 bits per heavy atom. The molecule has 0 spiro atoms. The van der Waals surface area contributed by atoms with E-state index in [-0.39, 0.29) is 5.66 Å². The SMILES string of the molecule is CNC1[CH]CCC1(NC)NC. The standard InChI is InChI=1S/C8H18N3/c1-9-7-5-4-6-8(7,10-2)11-3/h5,7,9-11H,4,6H2,1-3H3. The zero-order valence-electron chi connectivity index (χ0n) is 7.57. The van der Waals surface area contributed by atoms with Crippen LogP contribution in [0.5, 0.6) is 0 Å². The summed E-state index contributed by atoms with van der Waals surface area (Å²) in [5.74, 6) is 0. The van der Waals surface area contributed by atoms with Crippen molar-refractivity contribution in [1.29, 1.82) is 0 Å². The van der Waals surface area contributed by atoms with Crippen molar-refractivity contribution in [3.8, 4) is 0 Å². The monoisotopic (exact) mass is 156 g/mol. The van der Waals surface area contributed by atoms with E-state index in [1.54, 1.807) is 0 Å². The normalized spacial score (nSPS) is 29.2. The predicted molar refractivity (Wildman–Crippen MR) is 47.2 cm³/mol. The van der Waals surface area contributed by atoms with Crippen LogP contribution in [-0.4, -0.2) is 32.8 Å². The van der Waals surface area contributed by atoms with Gasteiger partial charge in [0.25, 0.3) is 0 Å². The summed E-state index contributed by atoms with van der Waals surface area (Å²) in [6.45, 7) is 0. The van der Waals surface area contributed by atoms with Gasteiger partial charge >= 0.3 is 0 Å². The van der Waals surface area contributed by atoms with E-state index in [4.69, 9.17) is 0 Å². The first-order chi connectivity index (χ1) is 5.29. The van der Waals surface area contributed by atoms with Crippen LogP contribution < -0.4 is 16.0 Å². The van der Waals surface area contributed by atoms with Crippen LogP contribution in [0.25, 0.3) is 0 Å². The summed E-state index contributed by atoms with van der Waals surface area (Å²) in [5, 5.41) is 9.92. The molecule has 0 aromatic heterocycles. The Morgan fingerprint density at radius 2 is 1.91 bits per heavy atom. The highest BCUT2D eigenvalue weighted by molar-refractivity contribution is 5.08. The maximum atomic E-state index is 3.32. The molecule has 0 aromatic carbocycles. The minimum absolute atomic E-state index is 0.0781. The lowest BCUT2D eigenvalue weighted by Gasteiger charge is -2.34. The quantitative estimate of drug-likeness (QED) is 0.491. The first-order valence-electron chi connectivity index (χ1n) is 4.17. The molecule has 1 aliphatic rings. The molecule has 3 N–H and O–H groups in total. The fraction of sp³-hybridized carbons (Fsp3) is 0.875. The molecule has 0 aliphatic heterocycles. The number of nitrogens with one attached hydrogen (secondary N) is 3. The van der Waals surface area contributed by atoms with E-state index in [2.05, 4.69) is 22.4 Å². The lowest BCUT2D eigenvalue weighted by atomic mass is 10.1. The maximum Gasteiger partial charge on any atom is 0.0842 e. The molecule has 1 aliphatic carbocycles. The van der Waals surface area contributed by atoms with E-state index in [1.807, 2.05) is 21.1 Å². The second-order valence-corrected chi connectivity index (χ2v) is 3.01. The van der Waals surface area contributed by atoms with E-state index in [0.29, 0.717) is 6.04 Å². The minimum atomic E-state index is 0.0781. The molecule has 1 atom stereocenters. The Bertz CT molecular complexity index is 121. The van der Waals surface area contributed by atoms with Gasteiger partial charge in [-0.05, 0) is 40.4 Å². The molecule has 0 bridgehead atoms. The van der Waals surface area contributed by atoms with Crippen molar-refractivity contribution in [3.63, 3.8) is 0 Å². The molecule has 11 heavy (non-hydrogen) atoms. The summed E-state index contributed by atoms with van der Waals surface area (Å²) < 4.78 is 0. The number of rotatable bonds is 3. The van der Waals surface area contributed by atoms with Crippen molar-refractivity contribution in [2.24, 2.45) is 0 Å². The van der Waals surface area contributed by atoms with Crippen molar-refractivity contribution in [2.45, 2.75) is 24.5 Å². The van der Waals surface area contributed by atoms with Crippen molar-refractivity contribution < 1.29 is 0 Å². The molecule has 0 heterocycles. The Labute approximate surface area is 68.9 Å². The molecule has 1 radical (unpaired) electrons. The largest absolute Gasteiger partial charge is 0.314 e. The van der Waals surface area contributed by atoms with Gasteiger partial charge in [0.2, 0.25) is 0 Å². The van der Waals surface area contributed by atoms with Crippen LogP contribution in [0.2, 0.25) is 0 Å². The molecule has 1 fully saturated rings. The summed E-state index contributed by atoms with van der Waals surface area (Å²) in [5.41, 5.74) is 0.0781. The van der Waals surface area contributed by atoms with Crippen molar-refractivity contribution in [1.82, 2.24) is 16.0 Å². The minimum Gasteiger partial charge on any atom is -0.314 e. The van der Waals surface area contributed by atoms with Crippen molar-refractivity contribution >= 4 is 0 Å². The van der Waals surface area contributed by atoms with Gasteiger partial charge in [0.05, 0.1) is 5.66 Å². The number of likely N-dealkylation sites (N-methyl/N-ethyl adjacent to an activating group) is 3. The molecule has 1 rings (SSSR count). The van der Waals surface area contributed by atoms with Crippen LogP contribution in [-0.2, 0) is 0 Å². The highest BCUT2D eigenvalue weighted by Gasteiger charge is 2.39. The second kappa shape index (κ2) is 3.52. The molecule has 0 saturated heterocycles. The van der Waals surface area contributed by atoms with Crippen molar-refractivity contribution in [3.05, 3.63) is 6.42 Å². The van der Waals surface area contributed by atoms with E-state index < -0.39 is 0 Å². The lowest BCUT2D eigenvalue weighted by Crippen LogP contribution is -2.62. The topological polar surface area (TPSA) is 36.1 Å². The Morgan fingerprint density at radius 1 is 1.27 bits per heavy atom. The van der Waals surface area contributed by atoms with Crippen LogP contribution >= 0.6 is 0 Å². The lowest BCUT2D eigenvalue weighted by molar-refractivity contribution is 0.258. The zero-order chi connectivity index (χ0) is 8.32. The molecular weight excluding hydrogens is 138 g/mol. The fourth-order valence-corrected chi connectivity index (χ4v) is 1.88. The van der Waals surface area contributed by atoms with E-state index >= 15 is 0 Å². The molecule has 65 valence electrons. The Balaban J connectivity index is 2.63. The Kier molecular flexibility index (Phi) is 2.87. The molecular formula is C8H18N3. The highest BCUT2D eigenvalue weighted by atomic mass is 15.2. The van der Waals surface area contributed by atoms with Gasteiger partial charge in [-0.25, -0.2) is 0 Å². The fourth-order valence-electron chi connectivity index (χ4n) is 1.88. The zero-order valence-corrected chi connectivity index (χ0v) is 7.57. The third kappa shape index (κ3) is 1.41. The van der Waals surface area contributed by atoms with Gasteiger partial charge in [-0.2, -0.15) is 0 Å². The first-order valence-corrected chi connectivity index (χ1v) is 4.17. The van der Waals surface area contributed by atoms with E-state index in [0.717, 1.165) is 6.42 Å². The summed E-state index contributed by atoms with van der Waals surface area (Å²) in [7, 11) is 6.00. The smallest absolute Gasteiger partial charge is 0.0842 e. The van der Waals surface area contributed by atoms with Gasteiger partial charge in [-0.1, -0.05) is 0 Å². The number of hydrogen-bond acceptors (Lipinski definition) is 3. The van der Waals surface area contributed by atoms with Gasteiger partial charge in [0, 0.05) is 6.04 Å². The van der Waals surface area contributed by atoms with Crippen LogP contribution in [0.4, 0.5) is 0 Å². The number of hydrogen-bond donors (Lipinski definition) is 3. The van der Waals surface area contributed by atoms with E-state index in [1.165, 1.54) is 6.42 Å². The third-order valence-electron chi connectivity index (χ3n) is 2.68. The van der Waals surface area contributed by atoms with Crippen molar-refractivity contribution in [2.75, 3.05) is 21.1 Å². The second-order valence-electron chi connectivity index (χ2n) is 3.01. The molecule has 0 amide bonds. The summed E-state index contributed by atoms with van der Waals surface area (Å²) in [4.78, 5) is 0. The van der Waals surface area contributed by atoms with Gasteiger partial charge < -0.3 is 16.0 Å². The van der Waals surface area contributed by atoms with Gasteiger partial charge in [-0.3, -0.25) is 0 Å². The first kappa shape index (κ1) is 8.97. The van der Waals surface area contributed by atoms with Gasteiger partial charge in [-0.15, -0.1) is 0 Å². The predicted octanol–water partition coefficient (Wildman–Crippen LogP) is -0.292. The molecule has 1 saturated carbocycles. The van der Waals surface area contributed by atoms with Crippen LogP contribution in [0.1, 0.15) is 12.8 Å². The van der Waals surface area contributed by atoms with Crippen LogP contribution in [0.15, 0.2) is 0 Å². The Hall–Kier alpha value is -0.120. The average molecular weight is 156 g/mol. The summed E-state index contributed by atoms with van der Waals surface area (Å²) in [6, 6.07) is 0.442. The van der Waals surface area contributed by atoms with Crippen LogP contribution in [0, 0.1) is 6.42 Å². The average Bonchev–Trinajstić information content (AvgIpc) is 2.47. The molecule has 0 aromatic rings. The van der Waals surface area contributed by atoms with Gasteiger partial charge in [0.1, 0.15) is 0 Å². The summed E-state index contributed by atoms with van der Waals surface area (Å²) in [6.07, 6.45) is 4.64.